The monoisotopic (exact) mass is 415 g/mol. The molecule has 9 heteroatoms. The van der Waals surface area contributed by atoms with Crippen molar-refractivity contribution in [1.29, 1.82) is 0 Å². The number of hydrogen-bond donors (Lipinski definition) is 1. The average molecular weight is 416 g/mol. The van der Waals surface area contributed by atoms with Crippen molar-refractivity contribution < 1.29 is 4.79 Å². The minimum absolute atomic E-state index is 0.0224. The molecule has 0 spiro atoms. The summed E-state index contributed by atoms with van der Waals surface area (Å²) < 4.78 is 1.14. The number of para-hydroxylation sites is 1. The van der Waals surface area contributed by atoms with Crippen LogP contribution in [-0.2, 0) is 4.79 Å². The minimum Gasteiger partial charge on any atom is -0.336 e. The van der Waals surface area contributed by atoms with Gasteiger partial charge in [0.25, 0.3) is 0 Å². The van der Waals surface area contributed by atoms with Crippen LogP contribution in [0.2, 0.25) is 0 Å². The van der Waals surface area contributed by atoms with Crippen LogP contribution in [-0.4, -0.2) is 43.8 Å². The van der Waals surface area contributed by atoms with Crippen molar-refractivity contribution in [3.8, 4) is 10.7 Å². The number of aromatic nitrogens is 4. The molecule has 1 atom stereocenters. The zero-order chi connectivity index (χ0) is 18.8. The lowest BCUT2D eigenvalue weighted by Crippen LogP contribution is -2.31. The van der Waals surface area contributed by atoms with Gasteiger partial charge in [0, 0.05) is 7.05 Å². The first-order valence-corrected chi connectivity index (χ1v) is 11.0. The van der Waals surface area contributed by atoms with Gasteiger partial charge in [0.05, 0.1) is 26.9 Å². The van der Waals surface area contributed by atoms with Gasteiger partial charge in [-0.25, -0.2) is 9.97 Å². The Balaban J connectivity index is 1.38. The van der Waals surface area contributed by atoms with Gasteiger partial charge in [-0.15, -0.1) is 27.8 Å². The van der Waals surface area contributed by atoms with Gasteiger partial charge in [0.2, 0.25) is 11.1 Å². The van der Waals surface area contributed by atoms with E-state index >= 15 is 0 Å². The second kappa shape index (κ2) is 7.79. The van der Waals surface area contributed by atoms with Crippen LogP contribution in [0.3, 0.4) is 0 Å². The molecule has 0 aliphatic rings. The standard InChI is InChI=1S/C18H17N5OS3/c1-11(17-19-12-6-3-4-7-13(12)27-17)23(2)15(24)10-26-18-20-16(21-22-18)14-8-5-9-25-14/h3-9,11H,10H2,1-2H3,(H,20,21,22)/t11-/m1/s1. The van der Waals surface area contributed by atoms with Crippen molar-refractivity contribution in [3.05, 3.63) is 46.8 Å². The van der Waals surface area contributed by atoms with Crippen LogP contribution >= 0.6 is 34.4 Å². The van der Waals surface area contributed by atoms with Gasteiger partial charge in [-0.05, 0) is 30.5 Å². The SMILES string of the molecule is C[C@H](c1nc2ccccc2s1)N(C)C(=O)CSc1n[nH]c(-c2cccs2)n1. The number of amides is 1. The van der Waals surface area contributed by atoms with Crippen LogP contribution in [0, 0.1) is 0 Å². The first-order chi connectivity index (χ1) is 13.1. The molecule has 3 aromatic heterocycles. The molecule has 0 radical (unpaired) electrons. The van der Waals surface area contributed by atoms with Crippen molar-refractivity contribution in [2.45, 2.75) is 18.1 Å². The lowest BCUT2D eigenvalue weighted by atomic mass is 10.3. The lowest BCUT2D eigenvalue weighted by Gasteiger charge is -2.22. The summed E-state index contributed by atoms with van der Waals surface area (Å²) in [5, 5.41) is 10.6. The fraction of sp³-hybridized carbons (Fsp3) is 0.222. The number of rotatable bonds is 6. The number of hydrogen-bond acceptors (Lipinski definition) is 7. The number of carbonyl (C=O) groups excluding carboxylic acids is 1. The van der Waals surface area contributed by atoms with Gasteiger partial charge in [0.15, 0.2) is 5.82 Å². The molecule has 0 saturated carbocycles. The number of thiazole rings is 1. The van der Waals surface area contributed by atoms with Gasteiger partial charge < -0.3 is 4.90 Å². The van der Waals surface area contributed by atoms with Crippen LogP contribution in [0.1, 0.15) is 18.0 Å². The zero-order valence-corrected chi connectivity index (χ0v) is 17.2. The Kier molecular flexibility index (Phi) is 5.24. The molecule has 4 rings (SSSR count). The van der Waals surface area contributed by atoms with E-state index in [9.17, 15) is 4.79 Å². The van der Waals surface area contributed by atoms with Crippen LogP contribution in [0.4, 0.5) is 0 Å². The number of carbonyl (C=O) groups is 1. The summed E-state index contributed by atoms with van der Waals surface area (Å²) in [7, 11) is 1.81. The summed E-state index contributed by atoms with van der Waals surface area (Å²) in [6.45, 7) is 2.00. The fourth-order valence-corrected chi connectivity index (χ4v) is 4.96. The summed E-state index contributed by atoms with van der Waals surface area (Å²) in [6.07, 6.45) is 0. The maximum absolute atomic E-state index is 12.6. The number of thiophene rings is 1. The van der Waals surface area contributed by atoms with Gasteiger partial charge >= 0.3 is 0 Å². The van der Waals surface area contributed by atoms with Gasteiger partial charge in [-0.3, -0.25) is 9.89 Å². The van der Waals surface area contributed by atoms with E-state index in [1.54, 1.807) is 27.6 Å². The number of thioether (sulfide) groups is 1. The molecule has 0 bridgehead atoms. The van der Waals surface area contributed by atoms with Crippen LogP contribution < -0.4 is 0 Å². The maximum Gasteiger partial charge on any atom is 0.233 e. The Bertz CT molecular complexity index is 1020. The molecule has 0 aliphatic carbocycles. The molecule has 138 valence electrons. The largest absolute Gasteiger partial charge is 0.336 e. The Morgan fingerprint density at radius 3 is 2.89 bits per heavy atom. The number of fused-ring (bicyclic) bond motifs is 1. The van der Waals surface area contributed by atoms with E-state index in [1.165, 1.54) is 11.8 Å². The van der Waals surface area contributed by atoms with Crippen molar-refractivity contribution in [2.24, 2.45) is 0 Å². The molecule has 6 nitrogen and oxygen atoms in total. The Morgan fingerprint density at radius 2 is 2.11 bits per heavy atom. The normalized spacial score (nSPS) is 12.4. The van der Waals surface area contributed by atoms with E-state index in [0.717, 1.165) is 25.9 Å². The van der Waals surface area contributed by atoms with E-state index in [2.05, 4.69) is 26.2 Å². The van der Waals surface area contributed by atoms with E-state index in [4.69, 9.17) is 0 Å². The summed E-state index contributed by atoms with van der Waals surface area (Å²) in [5.74, 6) is 1.04. The molecule has 0 fully saturated rings. The number of nitrogens with zero attached hydrogens (tertiary/aromatic N) is 4. The molecule has 3 heterocycles. The summed E-state index contributed by atoms with van der Waals surface area (Å²) in [6, 6.07) is 11.9. The van der Waals surface area contributed by atoms with E-state index in [0.29, 0.717) is 5.16 Å². The number of H-pyrrole nitrogens is 1. The molecule has 0 saturated heterocycles. The third kappa shape index (κ3) is 3.90. The number of aromatic amines is 1. The quantitative estimate of drug-likeness (QED) is 0.471. The topological polar surface area (TPSA) is 74.8 Å². The highest BCUT2D eigenvalue weighted by Crippen LogP contribution is 2.29. The van der Waals surface area contributed by atoms with Gasteiger partial charge in [-0.2, -0.15) is 0 Å². The molecule has 1 aromatic carbocycles. The van der Waals surface area contributed by atoms with Crippen molar-refractivity contribution in [1.82, 2.24) is 25.1 Å². The lowest BCUT2D eigenvalue weighted by molar-refractivity contribution is -0.128. The highest BCUT2D eigenvalue weighted by atomic mass is 32.2. The van der Waals surface area contributed by atoms with Crippen molar-refractivity contribution in [2.75, 3.05) is 12.8 Å². The molecule has 0 unspecified atom stereocenters. The highest BCUT2D eigenvalue weighted by Gasteiger charge is 2.21. The van der Waals surface area contributed by atoms with E-state index in [1.807, 2.05) is 49.7 Å². The molecular formula is C18H17N5OS3. The van der Waals surface area contributed by atoms with Crippen LogP contribution in [0.15, 0.2) is 46.9 Å². The summed E-state index contributed by atoms with van der Waals surface area (Å²) in [5.41, 5.74) is 0.974. The second-order valence-corrected chi connectivity index (χ2v) is 8.89. The van der Waals surface area contributed by atoms with Gasteiger partial charge in [-0.1, -0.05) is 30.0 Å². The predicted octanol–water partition coefficient (Wildman–Crippen LogP) is 4.45. The summed E-state index contributed by atoms with van der Waals surface area (Å²) >= 11 is 4.56. The number of benzene rings is 1. The van der Waals surface area contributed by atoms with Gasteiger partial charge in [0.1, 0.15) is 5.01 Å². The molecule has 1 amide bonds. The molecule has 1 N–H and O–H groups in total. The highest BCUT2D eigenvalue weighted by molar-refractivity contribution is 7.99. The average Bonchev–Trinajstić information content (AvgIpc) is 3.44. The zero-order valence-electron chi connectivity index (χ0n) is 14.7. The molecule has 27 heavy (non-hydrogen) atoms. The third-order valence-corrected chi connectivity index (χ3v) is 7.10. The van der Waals surface area contributed by atoms with E-state index < -0.39 is 0 Å². The van der Waals surface area contributed by atoms with Crippen molar-refractivity contribution in [3.63, 3.8) is 0 Å². The minimum atomic E-state index is -0.0793. The van der Waals surface area contributed by atoms with Crippen molar-refractivity contribution >= 4 is 50.6 Å². The third-order valence-electron chi connectivity index (χ3n) is 4.19. The molecule has 0 aliphatic heterocycles. The number of nitrogens with one attached hydrogen (secondary N) is 1. The summed E-state index contributed by atoms with van der Waals surface area (Å²) in [4.78, 5) is 24.5. The van der Waals surface area contributed by atoms with E-state index in [-0.39, 0.29) is 17.7 Å². The molecular weight excluding hydrogens is 398 g/mol. The van der Waals surface area contributed by atoms with Crippen LogP contribution in [0.5, 0.6) is 0 Å². The Hall–Kier alpha value is -2.23. The van der Waals surface area contributed by atoms with Crippen LogP contribution in [0.25, 0.3) is 20.9 Å². The maximum atomic E-state index is 12.6. The first kappa shape index (κ1) is 18.1. The molecule has 4 aromatic rings. The Labute approximate surface area is 168 Å². The Morgan fingerprint density at radius 1 is 1.26 bits per heavy atom. The predicted molar refractivity (Wildman–Crippen MR) is 111 cm³/mol. The second-order valence-electron chi connectivity index (χ2n) is 5.93. The smallest absolute Gasteiger partial charge is 0.233 e. The fourth-order valence-electron chi connectivity index (χ4n) is 2.51. The first-order valence-electron chi connectivity index (χ1n) is 8.32.